The summed E-state index contributed by atoms with van der Waals surface area (Å²) in [7, 11) is 0. The van der Waals surface area contributed by atoms with Gasteiger partial charge in [0, 0.05) is 21.7 Å². The second kappa shape index (κ2) is 7.01. The van der Waals surface area contributed by atoms with Crippen molar-refractivity contribution in [1.29, 1.82) is 0 Å². The van der Waals surface area contributed by atoms with Crippen LogP contribution in [0.2, 0.25) is 0 Å². The number of rotatable bonds is 4. The van der Waals surface area contributed by atoms with E-state index in [0.29, 0.717) is 11.5 Å². The number of fused-ring (bicyclic) bond motifs is 1. The Kier molecular flexibility index (Phi) is 4.41. The number of pyridine rings is 1. The molecule has 0 saturated heterocycles. The largest absolute Gasteiger partial charge is 0.394 e. The lowest BCUT2D eigenvalue weighted by Gasteiger charge is -2.12. The van der Waals surface area contributed by atoms with Gasteiger partial charge in [-0.15, -0.1) is 0 Å². The number of benzene rings is 2. The van der Waals surface area contributed by atoms with Gasteiger partial charge in [0.2, 0.25) is 0 Å². The molecular weight excluding hydrogens is 342 g/mol. The quantitative estimate of drug-likeness (QED) is 0.509. The van der Waals surface area contributed by atoms with Gasteiger partial charge >= 0.3 is 0 Å². The van der Waals surface area contributed by atoms with Crippen molar-refractivity contribution in [2.45, 2.75) is 16.8 Å². The maximum Gasteiger partial charge on any atom is 0.158 e. The number of anilines is 3. The van der Waals surface area contributed by atoms with Gasteiger partial charge in [-0.25, -0.2) is 9.97 Å². The van der Waals surface area contributed by atoms with Crippen molar-refractivity contribution in [1.82, 2.24) is 15.0 Å². The fourth-order valence-electron chi connectivity index (χ4n) is 2.65. The Morgan fingerprint density at radius 3 is 2.62 bits per heavy atom. The maximum atomic E-state index is 6.32. The topological polar surface area (TPSA) is 76.7 Å². The Hall–Kier alpha value is -3.12. The first-order valence-electron chi connectivity index (χ1n) is 8.17. The summed E-state index contributed by atoms with van der Waals surface area (Å²) in [6.07, 6.45) is 1.53. The summed E-state index contributed by atoms with van der Waals surface area (Å²) in [6.45, 7) is 1.98. The lowest BCUT2D eigenvalue weighted by atomic mass is 10.1. The predicted octanol–water partition coefficient (Wildman–Crippen LogP) is 4.81. The van der Waals surface area contributed by atoms with Gasteiger partial charge < -0.3 is 11.1 Å². The molecule has 4 aromatic rings. The molecule has 5 nitrogen and oxygen atoms in total. The number of hydrogen-bond acceptors (Lipinski definition) is 6. The third-order valence-electron chi connectivity index (χ3n) is 3.93. The minimum absolute atomic E-state index is 0.526. The van der Waals surface area contributed by atoms with Crippen molar-refractivity contribution >= 4 is 39.9 Å². The Morgan fingerprint density at radius 2 is 1.77 bits per heavy atom. The van der Waals surface area contributed by atoms with Crippen LogP contribution in [0.3, 0.4) is 0 Å². The Bertz CT molecular complexity index is 1070. The van der Waals surface area contributed by atoms with Gasteiger partial charge in [0.05, 0.1) is 5.52 Å². The van der Waals surface area contributed by atoms with Crippen molar-refractivity contribution in [2.75, 3.05) is 11.1 Å². The number of nitrogens with zero attached hydrogens (tertiary/aromatic N) is 3. The summed E-state index contributed by atoms with van der Waals surface area (Å²) in [5, 5.41) is 5.08. The molecule has 6 heteroatoms. The molecule has 0 bridgehead atoms. The molecule has 0 aliphatic carbocycles. The molecule has 3 N–H and O–H groups in total. The third kappa shape index (κ3) is 3.32. The van der Waals surface area contributed by atoms with Gasteiger partial charge in [0.15, 0.2) is 5.82 Å². The van der Waals surface area contributed by atoms with Gasteiger partial charge in [-0.2, -0.15) is 0 Å². The molecule has 0 aliphatic rings. The van der Waals surface area contributed by atoms with Crippen LogP contribution in [0.5, 0.6) is 0 Å². The molecule has 2 heterocycles. The highest BCUT2D eigenvalue weighted by Gasteiger charge is 2.11. The Balaban J connectivity index is 1.68. The highest BCUT2D eigenvalue weighted by atomic mass is 32.2. The van der Waals surface area contributed by atoms with Crippen molar-refractivity contribution in [3.63, 3.8) is 0 Å². The zero-order valence-corrected chi connectivity index (χ0v) is 15.0. The number of nitrogens with one attached hydrogen (secondary N) is 1. The van der Waals surface area contributed by atoms with Crippen LogP contribution in [0.15, 0.2) is 76.9 Å². The first kappa shape index (κ1) is 16.4. The monoisotopic (exact) mass is 359 g/mol. The smallest absolute Gasteiger partial charge is 0.158 e. The molecule has 2 aromatic carbocycles. The first-order chi connectivity index (χ1) is 12.7. The lowest BCUT2D eigenvalue weighted by molar-refractivity contribution is 1.06. The standard InChI is InChI=1S/C20H17N5S/c1-13-10-11-15-16(24-13)8-5-9-17(15)25-19-18(21)20(23-12-22-19)26-14-6-3-2-4-7-14/h2-12H,21H2,1H3,(H,22,23,25). The normalized spacial score (nSPS) is 10.8. The van der Waals surface area contributed by atoms with E-state index in [9.17, 15) is 0 Å². The summed E-state index contributed by atoms with van der Waals surface area (Å²) >= 11 is 1.52. The summed E-state index contributed by atoms with van der Waals surface area (Å²) < 4.78 is 0. The third-order valence-corrected chi connectivity index (χ3v) is 4.96. The van der Waals surface area contributed by atoms with Gasteiger partial charge in [-0.05, 0) is 43.3 Å². The molecular formula is C20H17N5S. The van der Waals surface area contributed by atoms with Crippen molar-refractivity contribution in [2.24, 2.45) is 0 Å². The molecule has 0 spiro atoms. The first-order valence-corrected chi connectivity index (χ1v) is 8.99. The number of hydrogen-bond donors (Lipinski definition) is 2. The highest BCUT2D eigenvalue weighted by molar-refractivity contribution is 7.99. The number of aryl methyl sites for hydroxylation is 1. The van der Waals surface area contributed by atoms with Gasteiger partial charge in [-0.1, -0.05) is 36.0 Å². The zero-order chi connectivity index (χ0) is 17.9. The van der Waals surface area contributed by atoms with E-state index < -0.39 is 0 Å². The van der Waals surface area contributed by atoms with Crippen molar-refractivity contribution in [3.05, 3.63) is 72.7 Å². The summed E-state index contributed by atoms with van der Waals surface area (Å²) in [5.41, 5.74) is 9.68. The molecule has 0 atom stereocenters. The zero-order valence-electron chi connectivity index (χ0n) is 14.2. The van der Waals surface area contributed by atoms with Crippen LogP contribution < -0.4 is 11.1 Å². The molecule has 26 heavy (non-hydrogen) atoms. The van der Waals surface area contributed by atoms with Gasteiger partial charge in [-0.3, -0.25) is 4.98 Å². The average molecular weight is 359 g/mol. The van der Waals surface area contributed by atoms with Crippen molar-refractivity contribution < 1.29 is 0 Å². The minimum Gasteiger partial charge on any atom is -0.394 e. The molecule has 0 radical (unpaired) electrons. The van der Waals surface area contributed by atoms with Crippen molar-refractivity contribution in [3.8, 4) is 0 Å². The molecule has 2 aromatic heterocycles. The van der Waals surface area contributed by atoms with Crippen LogP contribution in [-0.2, 0) is 0 Å². The van der Waals surface area contributed by atoms with Gasteiger partial charge in [0.1, 0.15) is 17.0 Å². The lowest BCUT2D eigenvalue weighted by Crippen LogP contribution is -2.03. The summed E-state index contributed by atoms with van der Waals surface area (Å²) in [4.78, 5) is 14.3. The van der Waals surface area contributed by atoms with E-state index in [2.05, 4.69) is 26.3 Å². The molecule has 0 amide bonds. The predicted molar refractivity (Wildman–Crippen MR) is 107 cm³/mol. The molecule has 0 saturated carbocycles. The van der Waals surface area contributed by atoms with Crippen LogP contribution >= 0.6 is 11.8 Å². The fraction of sp³-hybridized carbons (Fsp3) is 0.0500. The number of nitrogen functional groups attached to an aromatic ring is 1. The number of aromatic nitrogens is 3. The van der Waals surface area contributed by atoms with Crippen LogP contribution in [0.25, 0.3) is 10.9 Å². The SMILES string of the molecule is Cc1ccc2c(Nc3ncnc(Sc4ccccc4)c3N)cccc2n1. The Labute approximate surface area is 155 Å². The molecule has 0 unspecified atom stereocenters. The fourth-order valence-corrected chi connectivity index (χ4v) is 3.48. The molecule has 128 valence electrons. The van der Waals surface area contributed by atoms with Crippen LogP contribution in [0.1, 0.15) is 5.69 Å². The summed E-state index contributed by atoms with van der Waals surface area (Å²) in [5.74, 6) is 0.589. The van der Waals surface area contributed by atoms with E-state index in [1.807, 2.05) is 61.5 Å². The van der Waals surface area contributed by atoms with Crippen LogP contribution in [-0.4, -0.2) is 15.0 Å². The molecule has 0 fully saturated rings. The van der Waals surface area contributed by atoms with E-state index in [1.54, 1.807) is 0 Å². The molecule has 0 aliphatic heterocycles. The minimum atomic E-state index is 0.526. The van der Waals surface area contributed by atoms with E-state index in [1.165, 1.54) is 18.1 Å². The average Bonchev–Trinajstić information content (AvgIpc) is 2.66. The second-order valence-corrected chi connectivity index (χ2v) is 6.87. The van der Waals surface area contributed by atoms with E-state index in [4.69, 9.17) is 5.73 Å². The number of nitrogens with two attached hydrogens (primary N) is 1. The van der Waals surface area contributed by atoms with Gasteiger partial charge in [0.25, 0.3) is 0 Å². The van der Waals surface area contributed by atoms with E-state index >= 15 is 0 Å². The molecule has 4 rings (SSSR count). The second-order valence-electron chi connectivity index (χ2n) is 5.81. The Morgan fingerprint density at radius 1 is 0.923 bits per heavy atom. The van der Waals surface area contributed by atoms with E-state index in [0.717, 1.165) is 32.2 Å². The highest BCUT2D eigenvalue weighted by Crippen LogP contribution is 2.34. The summed E-state index contributed by atoms with van der Waals surface area (Å²) in [6, 6.07) is 20.0. The van der Waals surface area contributed by atoms with Crippen LogP contribution in [0.4, 0.5) is 17.2 Å². The van der Waals surface area contributed by atoms with E-state index in [-0.39, 0.29) is 0 Å². The maximum absolute atomic E-state index is 6.32. The van der Waals surface area contributed by atoms with Crippen LogP contribution in [0, 0.1) is 6.92 Å².